The van der Waals surface area contributed by atoms with Gasteiger partial charge < -0.3 is 0 Å². The first-order chi connectivity index (χ1) is 14.4. The van der Waals surface area contributed by atoms with Gasteiger partial charge in [-0.2, -0.15) is 10.5 Å². The van der Waals surface area contributed by atoms with E-state index in [4.69, 9.17) is 10.5 Å². The van der Waals surface area contributed by atoms with Gasteiger partial charge in [-0.1, -0.05) is 22.6 Å². The molecule has 8 heteroatoms. The highest BCUT2D eigenvalue weighted by molar-refractivity contribution is 5.70. The molecule has 8 nitrogen and oxygen atoms in total. The predicted octanol–water partition coefficient (Wildman–Crippen LogP) is 5.66. The molecular formula is C22H26N8. The van der Waals surface area contributed by atoms with Crippen LogP contribution in [0.25, 0.3) is 11.1 Å². The number of aryl methyl sites for hydroxylation is 2. The second kappa shape index (κ2) is 11.3. The van der Waals surface area contributed by atoms with Crippen LogP contribution in [-0.2, 0) is 0 Å². The third kappa shape index (κ3) is 6.68. The molecule has 30 heavy (non-hydrogen) atoms. The van der Waals surface area contributed by atoms with Gasteiger partial charge in [0, 0.05) is 14.1 Å². The first-order valence-electron chi connectivity index (χ1n) is 9.65. The Bertz CT molecular complexity index is 916. The van der Waals surface area contributed by atoms with E-state index in [1.165, 1.54) is 0 Å². The van der Waals surface area contributed by atoms with Crippen molar-refractivity contribution < 1.29 is 0 Å². The van der Waals surface area contributed by atoms with Crippen LogP contribution in [0.15, 0.2) is 57.1 Å². The minimum atomic E-state index is 0.415. The van der Waals surface area contributed by atoms with Crippen LogP contribution in [0, 0.1) is 36.5 Å². The average molecular weight is 403 g/mol. The molecule has 0 aliphatic carbocycles. The minimum absolute atomic E-state index is 0.415. The monoisotopic (exact) mass is 402 g/mol. The average Bonchev–Trinajstić information content (AvgIpc) is 2.74. The summed E-state index contributed by atoms with van der Waals surface area (Å²) in [7, 11) is 3.60. The molecular weight excluding hydrogens is 376 g/mol. The van der Waals surface area contributed by atoms with Crippen LogP contribution < -0.4 is 0 Å². The fourth-order valence-corrected chi connectivity index (χ4v) is 2.66. The summed E-state index contributed by atoms with van der Waals surface area (Å²) in [6, 6.07) is 16.3. The summed E-state index contributed by atoms with van der Waals surface area (Å²) in [5, 5.41) is 37.4. The fraction of sp³-hybridized carbons (Fsp3) is 0.364. The highest BCUT2D eigenvalue weighted by atomic mass is 15.5. The van der Waals surface area contributed by atoms with E-state index in [0.29, 0.717) is 25.9 Å². The number of benzene rings is 2. The number of nitrogens with zero attached hydrogens (tertiary/aromatic N) is 8. The third-order valence-electron chi connectivity index (χ3n) is 4.43. The van der Waals surface area contributed by atoms with E-state index in [1.54, 1.807) is 24.1 Å². The van der Waals surface area contributed by atoms with Crippen LogP contribution in [0.3, 0.4) is 0 Å². The van der Waals surface area contributed by atoms with Gasteiger partial charge in [0.1, 0.15) is 0 Å². The zero-order chi connectivity index (χ0) is 21.9. The Morgan fingerprint density at radius 1 is 0.733 bits per heavy atom. The van der Waals surface area contributed by atoms with Gasteiger partial charge in [0.15, 0.2) is 0 Å². The molecule has 0 saturated carbocycles. The summed E-state index contributed by atoms with van der Waals surface area (Å²) in [6.45, 7) is 5.10. The standard InChI is InChI=1S/C22H26N8/c1-17-15-19(7-9-21(17)25-27-29(3)13-5-11-23)20-8-10-22(18(2)16-20)26-28-30(4)14-6-12-24/h7-10,15-16H,5-6,13-14H2,1-4H3. The zero-order valence-corrected chi connectivity index (χ0v) is 17.9. The Labute approximate surface area is 177 Å². The molecule has 0 atom stereocenters. The van der Waals surface area contributed by atoms with Gasteiger partial charge in [0.25, 0.3) is 0 Å². The predicted molar refractivity (Wildman–Crippen MR) is 116 cm³/mol. The van der Waals surface area contributed by atoms with Gasteiger partial charge in [0.05, 0.1) is 49.4 Å². The van der Waals surface area contributed by atoms with E-state index in [9.17, 15) is 0 Å². The lowest BCUT2D eigenvalue weighted by molar-refractivity contribution is 0.340. The van der Waals surface area contributed by atoms with E-state index in [0.717, 1.165) is 33.6 Å². The van der Waals surface area contributed by atoms with E-state index in [-0.39, 0.29) is 0 Å². The molecule has 0 radical (unpaired) electrons. The van der Waals surface area contributed by atoms with Crippen molar-refractivity contribution in [3.63, 3.8) is 0 Å². The van der Waals surface area contributed by atoms with Crippen LogP contribution in [-0.4, -0.2) is 37.2 Å². The number of rotatable bonds is 9. The molecule has 2 aromatic rings. The molecule has 2 aromatic carbocycles. The molecule has 2 rings (SSSR count). The molecule has 0 aromatic heterocycles. The van der Waals surface area contributed by atoms with Crippen molar-refractivity contribution in [3.05, 3.63) is 47.5 Å². The Hall–Kier alpha value is -3.78. The van der Waals surface area contributed by atoms with Gasteiger partial charge in [0.2, 0.25) is 0 Å². The summed E-state index contributed by atoms with van der Waals surface area (Å²) in [5.74, 6) is 0. The summed E-state index contributed by atoms with van der Waals surface area (Å²) in [5.41, 5.74) is 5.80. The summed E-state index contributed by atoms with van der Waals surface area (Å²) in [4.78, 5) is 0. The molecule has 154 valence electrons. The van der Waals surface area contributed by atoms with Crippen molar-refractivity contribution in [2.45, 2.75) is 26.7 Å². The van der Waals surface area contributed by atoms with E-state index >= 15 is 0 Å². The fourth-order valence-electron chi connectivity index (χ4n) is 2.66. The Morgan fingerprint density at radius 2 is 1.13 bits per heavy atom. The van der Waals surface area contributed by atoms with Crippen molar-refractivity contribution >= 4 is 11.4 Å². The molecule has 0 N–H and O–H groups in total. The van der Waals surface area contributed by atoms with E-state index < -0.39 is 0 Å². The highest BCUT2D eigenvalue weighted by Crippen LogP contribution is 2.30. The molecule has 0 aliphatic rings. The van der Waals surface area contributed by atoms with Crippen molar-refractivity contribution in [2.24, 2.45) is 20.7 Å². The van der Waals surface area contributed by atoms with Gasteiger partial charge >= 0.3 is 0 Å². The maximum absolute atomic E-state index is 8.63. The van der Waals surface area contributed by atoms with Crippen LogP contribution in [0.5, 0.6) is 0 Å². The third-order valence-corrected chi connectivity index (χ3v) is 4.43. The van der Waals surface area contributed by atoms with E-state index in [2.05, 4.69) is 44.9 Å². The van der Waals surface area contributed by atoms with Crippen LogP contribution in [0.1, 0.15) is 24.0 Å². The van der Waals surface area contributed by atoms with Crippen molar-refractivity contribution in [2.75, 3.05) is 27.2 Å². The molecule has 0 saturated heterocycles. The first kappa shape index (κ1) is 22.5. The zero-order valence-electron chi connectivity index (χ0n) is 17.9. The van der Waals surface area contributed by atoms with Crippen molar-refractivity contribution in [3.8, 4) is 23.3 Å². The summed E-state index contributed by atoms with van der Waals surface area (Å²) < 4.78 is 0. The SMILES string of the molecule is Cc1cc(-c2ccc(N=NN(C)CCC#N)c(C)c2)ccc1N=NN(C)CCC#N. The van der Waals surface area contributed by atoms with Gasteiger partial charge in [-0.05, 0) is 60.4 Å². The van der Waals surface area contributed by atoms with Gasteiger partial charge in [-0.3, -0.25) is 10.0 Å². The van der Waals surface area contributed by atoms with Crippen molar-refractivity contribution in [1.29, 1.82) is 10.5 Å². The Kier molecular flexibility index (Phi) is 8.46. The number of nitriles is 2. The molecule has 0 bridgehead atoms. The largest absolute Gasteiger partial charge is 0.280 e. The van der Waals surface area contributed by atoms with Crippen LogP contribution >= 0.6 is 0 Å². The second-order valence-corrected chi connectivity index (χ2v) is 6.96. The molecule has 0 heterocycles. The summed E-state index contributed by atoms with van der Waals surface area (Å²) in [6.07, 6.45) is 0.830. The number of hydrogen-bond donors (Lipinski definition) is 0. The molecule has 0 aliphatic heterocycles. The van der Waals surface area contributed by atoms with E-state index in [1.807, 2.05) is 38.1 Å². The van der Waals surface area contributed by atoms with Gasteiger partial charge in [-0.15, -0.1) is 10.2 Å². The van der Waals surface area contributed by atoms with Crippen LogP contribution in [0.2, 0.25) is 0 Å². The van der Waals surface area contributed by atoms with Crippen LogP contribution in [0.4, 0.5) is 11.4 Å². The lowest BCUT2D eigenvalue weighted by Gasteiger charge is -2.10. The van der Waals surface area contributed by atoms with Crippen molar-refractivity contribution in [1.82, 2.24) is 10.0 Å². The lowest BCUT2D eigenvalue weighted by atomic mass is 10.0. The Balaban J connectivity index is 2.13. The maximum atomic E-state index is 8.63. The topological polar surface area (TPSA) is 104 Å². The lowest BCUT2D eigenvalue weighted by Crippen LogP contribution is -2.10. The van der Waals surface area contributed by atoms with Gasteiger partial charge in [-0.25, -0.2) is 0 Å². The molecule has 0 amide bonds. The molecule has 0 unspecified atom stereocenters. The number of hydrogen-bond acceptors (Lipinski definition) is 6. The minimum Gasteiger partial charge on any atom is -0.280 e. The first-order valence-corrected chi connectivity index (χ1v) is 9.65. The molecule has 0 spiro atoms. The molecule has 0 fully saturated rings. The normalized spacial score (nSPS) is 10.9. The second-order valence-electron chi connectivity index (χ2n) is 6.96. The Morgan fingerprint density at radius 3 is 1.47 bits per heavy atom. The quantitative estimate of drug-likeness (QED) is 0.399. The highest BCUT2D eigenvalue weighted by Gasteiger charge is 2.05. The summed E-state index contributed by atoms with van der Waals surface area (Å²) >= 11 is 0. The maximum Gasteiger partial charge on any atom is 0.0903 e. The smallest absolute Gasteiger partial charge is 0.0903 e.